The van der Waals surface area contributed by atoms with Crippen molar-refractivity contribution in [2.45, 2.75) is 44.6 Å². The number of amides is 1. The third-order valence-electron chi connectivity index (χ3n) is 4.13. The van der Waals surface area contributed by atoms with Crippen molar-refractivity contribution in [2.24, 2.45) is 5.92 Å². The lowest BCUT2D eigenvalue weighted by Gasteiger charge is -2.17. The Morgan fingerprint density at radius 2 is 1.81 bits per heavy atom. The van der Waals surface area contributed by atoms with Crippen LogP contribution in [0.15, 0.2) is 30.3 Å². The zero-order chi connectivity index (χ0) is 15.1. The highest BCUT2D eigenvalue weighted by Crippen LogP contribution is 2.27. The van der Waals surface area contributed by atoms with Crippen LogP contribution in [-0.2, 0) is 4.79 Å². The number of benzene rings is 1. The number of rotatable bonds is 7. The Kier molecular flexibility index (Phi) is 5.93. The van der Waals surface area contributed by atoms with Crippen LogP contribution in [0.4, 0.5) is 0 Å². The molecule has 1 aromatic rings. The van der Waals surface area contributed by atoms with Gasteiger partial charge in [0.2, 0.25) is 5.91 Å². The summed E-state index contributed by atoms with van der Waals surface area (Å²) in [6.07, 6.45) is 4.34. The van der Waals surface area contributed by atoms with E-state index in [1.165, 1.54) is 12.8 Å². The molecular formula is C17H23NO3. The Labute approximate surface area is 125 Å². The molecule has 1 aromatic carbocycles. The first-order chi connectivity index (χ1) is 10.2. The molecule has 1 aliphatic rings. The minimum atomic E-state index is -0.457. The molecule has 4 heteroatoms. The van der Waals surface area contributed by atoms with Gasteiger partial charge in [0.1, 0.15) is 0 Å². The fraction of sp³-hybridized carbons (Fsp3) is 0.529. The summed E-state index contributed by atoms with van der Waals surface area (Å²) in [4.78, 5) is 23.6. The summed E-state index contributed by atoms with van der Waals surface area (Å²) >= 11 is 0. The molecule has 2 rings (SSSR count). The van der Waals surface area contributed by atoms with E-state index in [4.69, 9.17) is 0 Å². The zero-order valence-corrected chi connectivity index (χ0v) is 12.3. The van der Waals surface area contributed by atoms with Crippen LogP contribution in [0.1, 0.15) is 48.9 Å². The molecule has 114 valence electrons. The summed E-state index contributed by atoms with van der Waals surface area (Å²) < 4.78 is 0. The summed E-state index contributed by atoms with van der Waals surface area (Å²) in [5.41, 5.74) is 0.635. The van der Waals surface area contributed by atoms with E-state index < -0.39 is 6.10 Å². The topological polar surface area (TPSA) is 66.4 Å². The van der Waals surface area contributed by atoms with Gasteiger partial charge in [0.05, 0.1) is 6.10 Å². The maximum Gasteiger partial charge on any atom is 0.220 e. The van der Waals surface area contributed by atoms with Crippen LogP contribution >= 0.6 is 0 Å². The van der Waals surface area contributed by atoms with E-state index >= 15 is 0 Å². The minimum Gasteiger partial charge on any atom is -0.391 e. The summed E-state index contributed by atoms with van der Waals surface area (Å²) in [5, 5.41) is 12.7. The predicted molar refractivity (Wildman–Crippen MR) is 81.0 cm³/mol. The van der Waals surface area contributed by atoms with Crippen molar-refractivity contribution in [1.29, 1.82) is 0 Å². The van der Waals surface area contributed by atoms with E-state index in [2.05, 4.69) is 5.32 Å². The monoisotopic (exact) mass is 289 g/mol. The first kappa shape index (κ1) is 15.7. The second kappa shape index (κ2) is 7.93. The average molecular weight is 289 g/mol. The van der Waals surface area contributed by atoms with Crippen molar-refractivity contribution in [3.8, 4) is 0 Å². The molecule has 0 aromatic heterocycles. The van der Waals surface area contributed by atoms with E-state index in [1.807, 2.05) is 18.2 Å². The van der Waals surface area contributed by atoms with E-state index in [1.54, 1.807) is 12.1 Å². The van der Waals surface area contributed by atoms with Crippen LogP contribution in [0, 0.1) is 5.92 Å². The first-order valence-electron chi connectivity index (χ1n) is 7.70. The Morgan fingerprint density at radius 3 is 2.48 bits per heavy atom. The standard InChI is InChI=1S/C17H23NO3/c19-15(13-6-2-1-3-7-13)10-11-17(21)18-12-16(20)14-8-4-5-9-14/h1-3,6-7,14,16,20H,4-5,8-12H2,(H,18,21). The molecule has 0 saturated heterocycles. The highest BCUT2D eigenvalue weighted by atomic mass is 16.3. The van der Waals surface area contributed by atoms with Crippen LogP contribution in [0.25, 0.3) is 0 Å². The largest absolute Gasteiger partial charge is 0.391 e. The third-order valence-corrected chi connectivity index (χ3v) is 4.13. The summed E-state index contributed by atoms with van der Waals surface area (Å²) in [7, 11) is 0. The van der Waals surface area contributed by atoms with Gasteiger partial charge in [0.15, 0.2) is 5.78 Å². The number of carbonyl (C=O) groups excluding carboxylic acids is 2. The molecule has 1 unspecified atom stereocenters. The van der Waals surface area contributed by atoms with E-state index in [0.717, 1.165) is 12.8 Å². The van der Waals surface area contributed by atoms with Crippen molar-refractivity contribution in [3.05, 3.63) is 35.9 Å². The van der Waals surface area contributed by atoms with Crippen molar-refractivity contribution in [1.82, 2.24) is 5.32 Å². The molecule has 0 heterocycles. The highest BCUT2D eigenvalue weighted by molar-refractivity contribution is 5.97. The van der Waals surface area contributed by atoms with E-state index in [0.29, 0.717) is 18.0 Å². The molecule has 0 bridgehead atoms. The number of hydrogen-bond acceptors (Lipinski definition) is 3. The molecule has 21 heavy (non-hydrogen) atoms. The number of aliphatic hydroxyl groups excluding tert-OH is 1. The molecule has 4 nitrogen and oxygen atoms in total. The smallest absolute Gasteiger partial charge is 0.220 e. The van der Waals surface area contributed by atoms with Crippen LogP contribution in [-0.4, -0.2) is 29.4 Å². The van der Waals surface area contributed by atoms with Crippen LogP contribution in [0.2, 0.25) is 0 Å². The molecular weight excluding hydrogens is 266 g/mol. The Balaban J connectivity index is 1.66. The molecule has 1 amide bonds. The maximum atomic E-state index is 11.9. The zero-order valence-electron chi connectivity index (χ0n) is 12.3. The number of Topliss-reactive ketones (excluding diaryl/α,β-unsaturated/α-hetero) is 1. The quantitative estimate of drug-likeness (QED) is 0.757. The SMILES string of the molecule is O=C(CCC(=O)c1ccccc1)NCC(O)C1CCCC1. The minimum absolute atomic E-state index is 0.0258. The van der Waals surface area contributed by atoms with Gasteiger partial charge in [0, 0.05) is 24.9 Å². The summed E-state index contributed by atoms with van der Waals surface area (Å²) in [6.45, 7) is 0.295. The highest BCUT2D eigenvalue weighted by Gasteiger charge is 2.23. The summed E-state index contributed by atoms with van der Waals surface area (Å²) in [5.74, 6) is 0.120. The van der Waals surface area contributed by atoms with Gasteiger partial charge in [-0.3, -0.25) is 9.59 Å². The summed E-state index contributed by atoms with van der Waals surface area (Å²) in [6, 6.07) is 8.98. The number of ketones is 1. The second-order valence-electron chi connectivity index (χ2n) is 5.71. The second-order valence-corrected chi connectivity index (χ2v) is 5.71. The van der Waals surface area contributed by atoms with Gasteiger partial charge < -0.3 is 10.4 Å². The third kappa shape index (κ3) is 4.97. The Morgan fingerprint density at radius 1 is 1.14 bits per heavy atom. The lowest BCUT2D eigenvalue weighted by atomic mass is 10.0. The van der Waals surface area contributed by atoms with Gasteiger partial charge in [-0.05, 0) is 18.8 Å². The molecule has 1 aliphatic carbocycles. The number of carbonyl (C=O) groups is 2. The molecule has 0 aliphatic heterocycles. The Bertz CT molecular complexity index is 466. The molecule has 1 saturated carbocycles. The lowest BCUT2D eigenvalue weighted by Crippen LogP contribution is -2.35. The van der Waals surface area contributed by atoms with Crippen molar-refractivity contribution < 1.29 is 14.7 Å². The maximum absolute atomic E-state index is 11.9. The van der Waals surface area contributed by atoms with Gasteiger partial charge in [-0.15, -0.1) is 0 Å². The predicted octanol–water partition coefficient (Wildman–Crippen LogP) is 2.32. The molecule has 1 atom stereocenters. The van der Waals surface area contributed by atoms with Gasteiger partial charge in [0.25, 0.3) is 0 Å². The van der Waals surface area contributed by atoms with Gasteiger partial charge >= 0.3 is 0 Å². The number of aliphatic hydroxyl groups is 1. The first-order valence-corrected chi connectivity index (χ1v) is 7.70. The van der Waals surface area contributed by atoms with Crippen molar-refractivity contribution in [3.63, 3.8) is 0 Å². The van der Waals surface area contributed by atoms with Crippen LogP contribution < -0.4 is 5.32 Å². The van der Waals surface area contributed by atoms with Gasteiger partial charge in [-0.1, -0.05) is 43.2 Å². The molecule has 0 radical (unpaired) electrons. The van der Waals surface area contributed by atoms with Gasteiger partial charge in [-0.2, -0.15) is 0 Å². The molecule has 0 spiro atoms. The molecule has 1 fully saturated rings. The van der Waals surface area contributed by atoms with Crippen molar-refractivity contribution in [2.75, 3.05) is 6.54 Å². The number of nitrogens with one attached hydrogen (secondary N) is 1. The fourth-order valence-electron chi connectivity index (χ4n) is 2.81. The van der Waals surface area contributed by atoms with Gasteiger partial charge in [-0.25, -0.2) is 0 Å². The van der Waals surface area contributed by atoms with E-state index in [9.17, 15) is 14.7 Å². The lowest BCUT2D eigenvalue weighted by molar-refractivity contribution is -0.121. The van der Waals surface area contributed by atoms with Crippen LogP contribution in [0.5, 0.6) is 0 Å². The Hall–Kier alpha value is -1.68. The molecule has 2 N–H and O–H groups in total. The van der Waals surface area contributed by atoms with Crippen molar-refractivity contribution >= 4 is 11.7 Å². The fourth-order valence-corrected chi connectivity index (χ4v) is 2.81. The average Bonchev–Trinajstić information content (AvgIpc) is 3.05. The number of hydrogen-bond donors (Lipinski definition) is 2. The van der Waals surface area contributed by atoms with Crippen LogP contribution in [0.3, 0.4) is 0 Å². The normalized spacial score (nSPS) is 16.6. The van der Waals surface area contributed by atoms with E-state index in [-0.39, 0.29) is 24.5 Å².